The van der Waals surface area contributed by atoms with E-state index in [-0.39, 0.29) is 0 Å². The highest BCUT2D eigenvalue weighted by Gasteiger charge is 2.11. The molecule has 0 fully saturated rings. The van der Waals surface area contributed by atoms with Gasteiger partial charge in [-0.2, -0.15) is 0 Å². The minimum Gasteiger partial charge on any atom is -0.289 e. The van der Waals surface area contributed by atoms with Crippen LogP contribution in [0.15, 0.2) is 36.3 Å². The summed E-state index contributed by atoms with van der Waals surface area (Å²) in [5.41, 5.74) is 7.74. The van der Waals surface area contributed by atoms with Gasteiger partial charge in [0.15, 0.2) is 0 Å². The molecule has 2 heterocycles. The highest BCUT2D eigenvalue weighted by molar-refractivity contribution is 5.27. The third-order valence-electron chi connectivity index (χ3n) is 1.25. The molecule has 0 atom stereocenters. The topological polar surface area (TPSA) is 29.4 Å². The van der Waals surface area contributed by atoms with E-state index in [4.69, 9.17) is 0 Å². The molecule has 2 aliphatic rings. The highest BCUT2D eigenvalue weighted by atomic mass is 15.7. The van der Waals surface area contributed by atoms with Crippen LogP contribution in [-0.2, 0) is 0 Å². The Morgan fingerprint density at radius 3 is 3.33 bits per heavy atom. The predicted octanol–water partition coefficient (Wildman–Crippen LogP) is 0.251. The molecule has 2 rings (SSSR count). The van der Waals surface area contributed by atoms with Crippen LogP contribution in [0.5, 0.6) is 0 Å². The van der Waals surface area contributed by atoms with Gasteiger partial charge in [-0.1, -0.05) is 6.08 Å². The van der Waals surface area contributed by atoms with Crippen molar-refractivity contribution in [1.29, 1.82) is 0 Å². The molecule has 1 N–H and O–H groups in total. The summed E-state index contributed by atoms with van der Waals surface area (Å²) in [6.07, 6.45) is 9.65. The molecule has 0 bridgehead atoms. The average Bonchev–Trinajstić information content (AvgIpc) is 2.33. The number of hydrogen-bond donors (Lipinski definition) is 1. The maximum absolute atomic E-state index is 3.91. The summed E-state index contributed by atoms with van der Waals surface area (Å²) < 4.78 is 0. The van der Waals surface area contributed by atoms with Crippen molar-refractivity contribution in [2.75, 3.05) is 0 Å². The van der Waals surface area contributed by atoms with Gasteiger partial charge in [0.2, 0.25) is 0 Å². The summed E-state index contributed by atoms with van der Waals surface area (Å²) in [7, 11) is 0. The van der Waals surface area contributed by atoms with Gasteiger partial charge in [0.05, 0.1) is 5.70 Å². The van der Waals surface area contributed by atoms with Crippen LogP contribution in [-0.4, -0.2) is 5.01 Å². The second-order valence-electron chi connectivity index (χ2n) is 1.84. The van der Waals surface area contributed by atoms with Crippen molar-refractivity contribution >= 4 is 0 Å². The Morgan fingerprint density at radius 1 is 1.44 bits per heavy atom. The minimum atomic E-state index is 1.08. The zero-order valence-electron chi connectivity index (χ0n) is 4.78. The van der Waals surface area contributed by atoms with E-state index in [1.54, 1.807) is 5.01 Å². The molecule has 3 nitrogen and oxygen atoms in total. The van der Waals surface area contributed by atoms with Crippen LogP contribution in [0.4, 0.5) is 0 Å². The molecule has 2 aliphatic heterocycles. The standard InChI is InChI=1S/C6H6N3/c1-2-4-9-6(3-1)5-7-8-9/h1-5,7H. The minimum absolute atomic E-state index is 1.08. The Hall–Kier alpha value is -1.22. The van der Waals surface area contributed by atoms with E-state index >= 15 is 0 Å². The Labute approximate surface area is 53.3 Å². The smallest absolute Gasteiger partial charge is 0.0778 e. The van der Waals surface area contributed by atoms with Gasteiger partial charge in [-0.15, -0.1) is 0 Å². The molecule has 0 saturated heterocycles. The van der Waals surface area contributed by atoms with Gasteiger partial charge in [0, 0.05) is 12.4 Å². The zero-order valence-corrected chi connectivity index (χ0v) is 4.78. The Balaban J connectivity index is 2.33. The first-order valence-electron chi connectivity index (χ1n) is 2.77. The average molecular weight is 120 g/mol. The Kier molecular flexibility index (Phi) is 0.841. The fourth-order valence-corrected chi connectivity index (χ4v) is 0.810. The Morgan fingerprint density at radius 2 is 2.44 bits per heavy atom. The second-order valence-corrected chi connectivity index (χ2v) is 1.84. The van der Waals surface area contributed by atoms with Crippen LogP contribution in [0.2, 0.25) is 0 Å². The third-order valence-corrected chi connectivity index (χ3v) is 1.25. The fourth-order valence-electron chi connectivity index (χ4n) is 0.810. The molecular weight excluding hydrogens is 114 g/mol. The van der Waals surface area contributed by atoms with Crippen molar-refractivity contribution < 1.29 is 0 Å². The van der Waals surface area contributed by atoms with Crippen molar-refractivity contribution in [3.63, 3.8) is 0 Å². The molecule has 0 aromatic rings. The van der Waals surface area contributed by atoms with Crippen LogP contribution in [0.25, 0.3) is 0 Å². The summed E-state index contributed by atoms with van der Waals surface area (Å²) in [6, 6.07) is 0. The van der Waals surface area contributed by atoms with E-state index in [0.717, 1.165) is 5.70 Å². The van der Waals surface area contributed by atoms with Crippen LogP contribution in [0, 0.1) is 0 Å². The van der Waals surface area contributed by atoms with E-state index in [2.05, 4.69) is 11.0 Å². The SMILES string of the molecule is C1=CC2=CN[N]N2C=C1. The van der Waals surface area contributed by atoms with Gasteiger partial charge in [-0.25, -0.2) is 5.01 Å². The van der Waals surface area contributed by atoms with Gasteiger partial charge < -0.3 is 0 Å². The molecule has 3 heteroatoms. The predicted molar refractivity (Wildman–Crippen MR) is 33.5 cm³/mol. The van der Waals surface area contributed by atoms with Gasteiger partial charge in [0.1, 0.15) is 0 Å². The first-order chi connectivity index (χ1) is 4.47. The molecule has 0 spiro atoms. The van der Waals surface area contributed by atoms with Gasteiger partial charge in [-0.3, -0.25) is 5.43 Å². The van der Waals surface area contributed by atoms with E-state index in [1.165, 1.54) is 0 Å². The maximum Gasteiger partial charge on any atom is 0.0778 e. The van der Waals surface area contributed by atoms with Crippen LogP contribution >= 0.6 is 0 Å². The summed E-state index contributed by atoms with van der Waals surface area (Å²) in [5.74, 6) is 0. The van der Waals surface area contributed by atoms with Crippen molar-refractivity contribution in [3.8, 4) is 0 Å². The first-order valence-corrected chi connectivity index (χ1v) is 2.77. The number of hydrogen-bond acceptors (Lipinski definition) is 2. The first kappa shape index (κ1) is 4.64. The largest absolute Gasteiger partial charge is 0.289 e. The number of rotatable bonds is 0. The Bertz CT molecular complexity index is 200. The highest BCUT2D eigenvalue weighted by Crippen LogP contribution is 2.11. The molecule has 0 aromatic carbocycles. The number of nitrogens with zero attached hydrogens (tertiary/aromatic N) is 2. The molecule has 9 heavy (non-hydrogen) atoms. The number of allylic oxidation sites excluding steroid dienone is 3. The summed E-state index contributed by atoms with van der Waals surface area (Å²) in [5, 5.41) is 1.78. The molecule has 0 unspecified atom stereocenters. The lowest BCUT2D eigenvalue weighted by Gasteiger charge is -2.12. The van der Waals surface area contributed by atoms with E-state index in [1.807, 2.05) is 30.6 Å². The second kappa shape index (κ2) is 1.63. The number of fused-ring (bicyclic) bond motifs is 1. The quantitative estimate of drug-likeness (QED) is 0.496. The number of nitrogens with one attached hydrogen (secondary N) is 1. The molecule has 0 aromatic heterocycles. The van der Waals surface area contributed by atoms with Gasteiger partial charge in [0.25, 0.3) is 0 Å². The van der Waals surface area contributed by atoms with Crippen molar-refractivity contribution in [1.82, 2.24) is 16.0 Å². The lowest BCUT2D eigenvalue weighted by Crippen LogP contribution is -2.25. The lowest BCUT2D eigenvalue weighted by molar-refractivity contribution is 0.337. The third kappa shape index (κ3) is 0.622. The molecule has 0 aliphatic carbocycles. The molecular formula is C6H6N3. The summed E-state index contributed by atoms with van der Waals surface area (Å²) >= 11 is 0. The van der Waals surface area contributed by atoms with Crippen LogP contribution in [0.3, 0.4) is 0 Å². The monoisotopic (exact) mass is 120 g/mol. The van der Waals surface area contributed by atoms with Crippen molar-refractivity contribution in [3.05, 3.63) is 36.3 Å². The normalized spacial score (nSPS) is 21.3. The van der Waals surface area contributed by atoms with Crippen molar-refractivity contribution in [2.45, 2.75) is 0 Å². The van der Waals surface area contributed by atoms with E-state index < -0.39 is 0 Å². The van der Waals surface area contributed by atoms with E-state index in [0.29, 0.717) is 0 Å². The van der Waals surface area contributed by atoms with E-state index in [9.17, 15) is 0 Å². The van der Waals surface area contributed by atoms with Gasteiger partial charge in [-0.05, 0) is 17.7 Å². The van der Waals surface area contributed by atoms with Crippen LogP contribution in [0.1, 0.15) is 0 Å². The maximum atomic E-state index is 3.91. The molecule has 0 amide bonds. The van der Waals surface area contributed by atoms with Gasteiger partial charge >= 0.3 is 0 Å². The van der Waals surface area contributed by atoms with Crippen molar-refractivity contribution in [2.24, 2.45) is 0 Å². The van der Waals surface area contributed by atoms with Crippen LogP contribution < -0.4 is 11.0 Å². The molecule has 0 saturated carbocycles. The zero-order chi connectivity index (χ0) is 6.10. The summed E-state index contributed by atoms with van der Waals surface area (Å²) in [4.78, 5) is 0. The molecule has 1 radical (unpaired) electrons. The lowest BCUT2D eigenvalue weighted by atomic mass is 10.3. The summed E-state index contributed by atoms with van der Waals surface area (Å²) in [6.45, 7) is 0. The molecule has 45 valence electrons. The fraction of sp³-hybridized carbons (Fsp3) is 0.